The summed E-state index contributed by atoms with van der Waals surface area (Å²) in [4.78, 5) is 28.3. The average Bonchev–Trinajstić information content (AvgIpc) is 2.89. The van der Waals surface area contributed by atoms with Crippen molar-refractivity contribution in [2.24, 2.45) is 0 Å². The molecule has 2 atom stereocenters. The number of methoxy groups -OCH3 is 1. The number of rotatable bonds is 7. The number of fused-ring (bicyclic) bond motifs is 1. The maximum Gasteiger partial charge on any atom is 0.410 e. The van der Waals surface area contributed by atoms with Gasteiger partial charge in [-0.2, -0.15) is 15.2 Å². The Labute approximate surface area is 251 Å². The van der Waals surface area contributed by atoms with Crippen LogP contribution in [0.25, 0.3) is 10.9 Å². The van der Waals surface area contributed by atoms with Gasteiger partial charge in [-0.15, -0.1) is 7.39 Å². The van der Waals surface area contributed by atoms with Crippen molar-refractivity contribution < 1.29 is 27.4 Å². The van der Waals surface area contributed by atoms with E-state index in [1.807, 2.05) is 11.2 Å². The fourth-order valence-electron chi connectivity index (χ4n) is 3.62. The molecule has 1 aliphatic rings. The highest BCUT2D eigenvalue weighted by molar-refractivity contribution is 14.2. The lowest BCUT2D eigenvalue weighted by Crippen LogP contribution is -2.56. The molecule has 0 bridgehead atoms. The molecule has 1 fully saturated rings. The van der Waals surface area contributed by atoms with E-state index >= 15 is 0 Å². The normalized spacial score (nSPS) is 17.9. The fraction of sp³-hybridized carbons (Fsp3) is 0.625. The number of pyridine rings is 1. The van der Waals surface area contributed by atoms with E-state index in [1.165, 1.54) is 13.3 Å². The van der Waals surface area contributed by atoms with E-state index in [1.54, 1.807) is 37.0 Å². The summed E-state index contributed by atoms with van der Waals surface area (Å²) < 4.78 is 50.5. The molecule has 16 heteroatoms. The van der Waals surface area contributed by atoms with Gasteiger partial charge in [0.25, 0.3) is 0 Å². The van der Waals surface area contributed by atoms with Gasteiger partial charge in [-0.1, -0.05) is 11.6 Å². The van der Waals surface area contributed by atoms with Gasteiger partial charge in [-0.05, 0) is 55.3 Å². The third-order valence-electron chi connectivity index (χ3n) is 5.79. The van der Waals surface area contributed by atoms with Gasteiger partial charge in [0.05, 0.1) is 37.7 Å². The molecule has 0 spiro atoms. The van der Waals surface area contributed by atoms with Crippen molar-refractivity contribution in [3.8, 4) is 12.1 Å². The van der Waals surface area contributed by atoms with Crippen LogP contribution in [-0.4, -0.2) is 101 Å². The second-order valence-corrected chi connectivity index (χ2v) is 18.8. The number of carbonyl (C=O) groups excluding carboxylic acids is 1. The van der Waals surface area contributed by atoms with Gasteiger partial charge in [0.1, 0.15) is 16.9 Å². The molecule has 0 N–H and O–H groups in total. The van der Waals surface area contributed by atoms with Crippen LogP contribution in [0.4, 0.5) is 23.8 Å². The van der Waals surface area contributed by atoms with E-state index in [0.717, 1.165) is 0 Å². The first kappa shape index (κ1) is 34.2. The average molecular weight is 720 g/mol. The Hall–Kier alpha value is -2.03. The molecule has 1 amide bonds. The minimum Gasteiger partial charge on any atom is -0.467 e. The summed E-state index contributed by atoms with van der Waals surface area (Å²) in [5.74, 6) is 0.0809. The largest absolute Gasteiger partial charge is 0.467 e. The van der Waals surface area contributed by atoms with Gasteiger partial charge in [-0.25, -0.2) is 22.9 Å². The monoisotopic (exact) mass is 719 g/mol. The predicted octanol–water partition coefficient (Wildman–Crippen LogP) is 5.68. The van der Waals surface area contributed by atoms with Crippen LogP contribution < -0.4 is 9.64 Å². The van der Waals surface area contributed by atoms with E-state index in [9.17, 15) is 23.2 Å². The number of nitrogens with zero attached hydrogens (tertiary/aromatic N) is 7. The summed E-state index contributed by atoms with van der Waals surface area (Å²) in [6.07, 6.45) is 2.92. The highest BCUT2D eigenvalue weighted by Gasteiger charge is 2.34. The predicted molar refractivity (Wildman–Crippen MR) is 160 cm³/mol. The molecule has 3 rings (SSSR count). The number of alkyl halides is 2. The number of piperazine rings is 1. The smallest absolute Gasteiger partial charge is 0.410 e. The number of carbonyl (C=O) groups is 1. The molecule has 0 radical (unpaired) electrons. The van der Waals surface area contributed by atoms with Crippen molar-refractivity contribution in [1.82, 2.24) is 24.2 Å². The summed E-state index contributed by atoms with van der Waals surface area (Å²) in [6.45, 7) is 5.49. The van der Waals surface area contributed by atoms with Gasteiger partial charge in [-0.3, -0.25) is 4.39 Å². The van der Waals surface area contributed by atoms with Crippen LogP contribution in [-0.2, 0) is 4.74 Å². The minimum absolute atomic E-state index is 0.0109. The molecule has 10 nitrogen and oxygen atoms in total. The van der Waals surface area contributed by atoms with Crippen molar-refractivity contribution in [3.63, 3.8) is 0 Å². The van der Waals surface area contributed by atoms with Crippen molar-refractivity contribution in [2.75, 3.05) is 64.2 Å². The summed E-state index contributed by atoms with van der Waals surface area (Å²) in [5.41, 5.74) is -0.660. The van der Waals surface area contributed by atoms with Crippen molar-refractivity contribution >= 4 is 63.0 Å². The van der Waals surface area contributed by atoms with E-state index in [0.29, 0.717) is 36.6 Å². The Balaban J connectivity index is 0.000000478. The lowest BCUT2D eigenvalue weighted by atomic mass is 10.1. The molecule has 40 heavy (non-hydrogen) atoms. The zero-order chi connectivity index (χ0) is 30.3. The number of anilines is 1. The number of nitriles is 1. The molecule has 224 valence electrons. The lowest BCUT2D eigenvalue weighted by molar-refractivity contribution is 0.0145. The highest BCUT2D eigenvalue weighted by atomic mass is 127. The molecule has 1 aliphatic heterocycles. The molecular weight excluding hydrogens is 686 g/mol. The van der Waals surface area contributed by atoms with E-state index < -0.39 is 37.7 Å². The Morgan fingerprint density at radius 2 is 2.02 bits per heavy atom. The first-order valence-electron chi connectivity index (χ1n) is 12.1. The minimum atomic E-state index is -1.21. The quantitative estimate of drug-likeness (QED) is 0.203. The summed E-state index contributed by atoms with van der Waals surface area (Å²) in [5, 5.41) is 9.32. The van der Waals surface area contributed by atoms with Crippen molar-refractivity contribution in [1.29, 1.82) is 5.26 Å². The zero-order valence-corrected chi connectivity index (χ0v) is 27.0. The van der Waals surface area contributed by atoms with E-state index in [2.05, 4.69) is 42.2 Å². The summed E-state index contributed by atoms with van der Waals surface area (Å²) in [6, 6.07) is 1.66. The summed E-state index contributed by atoms with van der Waals surface area (Å²) in [7, 11) is 1.85. The van der Waals surface area contributed by atoms with E-state index in [-0.39, 0.29) is 29.8 Å². The fourth-order valence-corrected chi connectivity index (χ4v) is 5.37. The van der Waals surface area contributed by atoms with Crippen LogP contribution in [0.1, 0.15) is 27.2 Å². The molecule has 2 aromatic heterocycles. The molecule has 0 saturated carbocycles. The molecule has 1 unspecified atom stereocenters. The van der Waals surface area contributed by atoms with Crippen molar-refractivity contribution in [3.05, 3.63) is 17.2 Å². The standard InChI is InChI=1S/C19H22ClFN6O3.C5H12F2INS/c1-19(2,3)30-18(28)27-8-7-26(10-11(27)5-6-22)16-12-9-23-15(20)13(21)14(12)24-17(25-16)29-4;1-9(5-7)10(2,8)4-3-6/h9,11H,5,7-8,10H2,1-4H3;3-5H2,1-2H3/t11-;/m0./s1. The van der Waals surface area contributed by atoms with Crippen LogP contribution in [0.5, 0.6) is 6.01 Å². The van der Waals surface area contributed by atoms with Gasteiger partial charge < -0.3 is 19.3 Å². The van der Waals surface area contributed by atoms with Crippen LogP contribution in [0.3, 0.4) is 0 Å². The first-order chi connectivity index (χ1) is 18.7. The Morgan fingerprint density at radius 3 is 2.58 bits per heavy atom. The maximum atomic E-state index is 14.5. The number of aromatic nitrogens is 3. The molecule has 2 aromatic rings. The van der Waals surface area contributed by atoms with Crippen LogP contribution in [0, 0.1) is 17.1 Å². The molecule has 0 aliphatic carbocycles. The van der Waals surface area contributed by atoms with Gasteiger partial charge >= 0.3 is 12.1 Å². The highest BCUT2D eigenvalue weighted by Crippen LogP contribution is 2.54. The third kappa shape index (κ3) is 8.98. The third-order valence-corrected chi connectivity index (χ3v) is 11.7. The Kier molecular flexibility index (Phi) is 12.6. The van der Waals surface area contributed by atoms with Crippen LogP contribution in [0.15, 0.2) is 6.20 Å². The van der Waals surface area contributed by atoms with Crippen molar-refractivity contribution in [2.45, 2.75) is 38.8 Å². The number of ether oxygens (including phenoxy) is 2. The SMILES string of the molecule is CN(CF)S(C)(I)CCF.COc1nc(N2CCN(C(=O)OC(C)(C)C)[C@@H](CC#N)C2)c2cnc(Cl)c(F)c2n1. The van der Waals surface area contributed by atoms with Gasteiger partial charge in [0.2, 0.25) is 0 Å². The topological polar surface area (TPSA) is 108 Å². The Bertz CT molecular complexity index is 1220. The number of hydrogen-bond donors (Lipinski definition) is 0. The molecule has 3 heterocycles. The second kappa shape index (κ2) is 14.7. The van der Waals surface area contributed by atoms with Crippen LogP contribution in [0.2, 0.25) is 5.15 Å². The molecule has 1 saturated heterocycles. The first-order valence-corrected chi connectivity index (χ1v) is 17.2. The van der Waals surface area contributed by atoms with Gasteiger partial charge in [0, 0.05) is 31.6 Å². The maximum absolute atomic E-state index is 14.5. The Morgan fingerprint density at radius 1 is 1.35 bits per heavy atom. The number of amides is 1. The van der Waals surface area contributed by atoms with Gasteiger partial charge in [0.15, 0.2) is 17.8 Å². The number of halogens is 5. The molecular formula is C24H34ClF3IN7O3S. The number of hydrogen-bond acceptors (Lipinski definition) is 9. The molecule has 0 aromatic carbocycles. The van der Waals surface area contributed by atoms with Crippen LogP contribution >= 0.6 is 40.2 Å². The summed E-state index contributed by atoms with van der Waals surface area (Å²) >= 11 is 7.93. The zero-order valence-electron chi connectivity index (χ0n) is 23.3. The lowest BCUT2D eigenvalue weighted by Gasteiger charge is -2.41. The van der Waals surface area contributed by atoms with E-state index in [4.69, 9.17) is 21.1 Å². The second-order valence-electron chi connectivity index (χ2n) is 9.87.